The van der Waals surface area contributed by atoms with Gasteiger partial charge in [-0.05, 0) is 121 Å². The number of furan rings is 1. The third-order valence-corrected chi connectivity index (χ3v) is 13.3. The van der Waals surface area contributed by atoms with Gasteiger partial charge < -0.3 is 9.32 Å². The summed E-state index contributed by atoms with van der Waals surface area (Å²) >= 11 is 0. The number of para-hydroxylation sites is 2. The number of hydrogen-bond acceptors (Lipinski definition) is 2. The van der Waals surface area contributed by atoms with Gasteiger partial charge in [-0.3, -0.25) is 0 Å². The second-order valence-corrected chi connectivity index (χ2v) is 17.3. The Morgan fingerprint density at radius 1 is 0.333 bits per heavy atom. The molecule has 0 aliphatic heterocycles. The fourth-order valence-corrected chi connectivity index (χ4v) is 10.0. The Labute approximate surface area is 368 Å². The normalized spacial score (nSPS) is 12.7. The van der Waals surface area contributed by atoms with E-state index in [4.69, 9.17) is 4.42 Å². The summed E-state index contributed by atoms with van der Waals surface area (Å²) in [4.78, 5) is 2.40. The van der Waals surface area contributed by atoms with Crippen molar-refractivity contribution >= 4 is 49.8 Å². The van der Waals surface area contributed by atoms with Crippen molar-refractivity contribution in [2.24, 2.45) is 0 Å². The molecule has 10 aromatic carbocycles. The fraction of sp³-hybridized carbons (Fsp3) is 0.0492. The van der Waals surface area contributed by atoms with Gasteiger partial charge in [0.1, 0.15) is 11.2 Å². The van der Waals surface area contributed by atoms with Crippen LogP contribution in [0.3, 0.4) is 0 Å². The molecule has 11 aromatic rings. The molecule has 0 fully saturated rings. The van der Waals surface area contributed by atoms with Gasteiger partial charge in [0, 0.05) is 38.8 Å². The van der Waals surface area contributed by atoms with Crippen molar-refractivity contribution in [3.63, 3.8) is 0 Å². The van der Waals surface area contributed by atoms with Gasteiger partial charge in [-0.15, -0.1) is 0 Å². The second-order valence-electron chi connectivity index (χ2n) is 17.3. The number of nitrogens with zero attached hydrogens (tertiary/aromatic N) is 1. The zero-order chi connectivity index (χ0) is 42.1. The highest BCUT2D eigenvalue weighted by atomic mass is 16.3. The first kappa shape index (κ1) is 36.9. The molecule has 0 amide bonds. The lowest BCUT2D eigenvalue weighted by Gasteiger charge is -2.28. The molecule has 0 N–H and O–H groups in total. The molecule has 0 atom stereocenters. The second kappa shape index (κ2) is 14.6. The molecule has 2 heteroatoms. The first-order chi connectivity index (χ1) is 31.0. The number of benzene rings is 10. The minimum atomic E-state index is -0.238. The molecule has 0 saturated heterocycles. The third kappa shape index (κ3) is 6.17. The van der Waals surface area contributed by atoms with Crippen LogP contribution in [0.4, 0.5) is 17.1 Å². The van der Waals surface area contributed by atoms with Gasteiger partial charge in [-0.25, -0.2) is 0 Å². The van der Waals surface area contributed by atoms with Crippen LogP contribution in [0.15, 0.2) is 229 Å². The smallest absolute Gasteiger partial charge is 0.143 e. The van der Waals surface area contributed by atoms with Crippen LogP contribution >= 0.6 is 0 Å². The molecular weight excluding hydrogens is 763 g/mol. The van der Waals surface area contributed by atoms with Gasteiger partial charge in [0.15, 0.2) is 0 Å². The predicted octanol–water partition coefficient (Wildman–Crippen LogP) is 17.2. The van der Waals surface area contributed by atoms with E-state index >= 15 is 0 Å². The minimum absolute atomic E-state index is 0.238. The predicted molar refractivity (Wildman–Crippen MR) is 265 cm³/mol. The monoisotopic (exact) mass is 805 g/mol. The zero-order valence-corrected chi connectivity index (χ0v) is 35.2. The molecule has 12 rings (SSSR count). The van der Waals surface area contributed by atoms with Crippen molar-refractivity contribution in [3.8, 4) is 55.6 Å². The molecule has 1 aliphatic rings. The summed E-state index contributed by atoms with van der Waals surface area (Å²) in [6, 6.07) is 81.6. The zero-order valence-electron chi connectivity index (χ0n) is 35.2. The van der Waals surface area contributed by atoms with Crippen molar-refractivity contribution in [1.82, 2.24) is 0 Å². The van der Waals surface area contributed by atoms with E-state index in [1.807, 2.05) is 6.07 Å². The first-order valence-electron chi connectivity index (χ1n) is 21.8. The van der Waals surface area contributed by atoms with Crippen LogP contribution in [-0.2, 0) is 5.41 Å². The van der Waals surface area contributed by atoms with Crippen LogP contribution in [0.5, 0.6) is 0 Å². The highest BCUT2D eigenvalue weighted by Gasteiger charge is 2.36. The van der Waals surface area contributed by atoms with E-state index in [1.165, 1.54) is 72.0 Å². The Hall–Kier alpha value is -7.94. The number of hydrogen-bond donors (Lipinski definition) is 0. The summed E-state index contributed by atoms with van der Waals surface area (Å²) in [6.07, 6.45) is 0. The summed E-state index contributed by atoms with van der Waals surface area (Å²) in [5, 5.41) is 4.80. The van der Waals surface area contributed by atoms with E-state index in [0.29, 0.717) is 0 Å². The van der Waals surface area contributed by atoms with Crippen LogP contribution in [0.1, 0.15) is 25.0 Å². The van der Waals surface area contributed by atoms with Gasteiger partial charge in [-0.1, -0.05) is 190 Å². The van der Waals surface area contributed by atoms with Crippen molar-refractivity contribution in [1.29, 1.82) is 0 Å². The number of fused-ring (bicyclic) bond motifs is 7. The molecule has 0 unspecified atom stereocenters. The van der Waals surface area contributed by atoms with Crippen LogP contribution in [0.25, 0.3) is 88.3 Å². The molecule has 0 spiro atoms. The summed E-state index contributed by atoms with van der Waals surface area (Å²) < 4.78 is 6.50. The molecule has 0 saturated carbocycles. The van der Waals surface area contributed by atoms with Crippen molar-refractivity contribution in [2.45, 2.75) is 19.3 Å². The van der Waals surface area contributed by atoms with E-state index < -0.39 is 0 Å². The van der Waals surface area contributed by atoms with E-state index in [0.717, 1.165) is 44.6 Å². The minimum Gasteiger partial charge on any atom is -0.455 e. The molecule has 63 heavy (non-hydrogen) atoms. The molecule has 298 valence electrons. The summed E-state index contributed by atoms with van der Waals surface area (Å²) in [5.74, 6) is 0. The van der Waals surface area contributed by atoms with Crippen molar-refractivity contribution < 1.29 is 4.42 Å². The van der Waals surface area contributed by atoms with Gasteiger partial charge in [-0.2, -0.15) is 0 Å². The number of anilines is 3. The lowest BCUT2D eigenvalue weighted by Crippen LogP contribution is -2.16. The molecule has 1 heterocycles. The molecule has 1 aliphatic carbocycles. The number of rotatable bonds is 7. The van der Waals surface area contributed by atoms with Crippen LogP contribution < -0.4 is 4.90 Å². The van der Waals surface area contributed by atoms with E-state index in [9.17, 15) is 0 Å². The topological polar surface area (TPSA) is 16.4 Å². The Morgan fingerprint density at radius 2 is 0.825 bits per heavy atom. The van der Waals surface area contributed by atoms with Crippen LogP contribution in [-0.4, -0.2) is 0 Å². The van der Waals surface area contributed by atoms with E-state index in [1.54, 1.807) is 0 Å². The van der Waals surface area contributed by atoms with Gasteiger partial charge in [0.05, 0.1) is 0 Å². The van der Waals surface area contributed by atoms with Crippen molar-refractivity contribution in [3.05, 3.63) is 236 Å². The largest absolute Gasteiger partial charge is 0.455 e. The van der Waals surface area contributed by atoms with Gasteiger partial charge in [0.2, 0.25) is 0 Å². The summed E-state index contributed by atoms with van der Waals surface area (Å²) in [5.41, 5.74) is 19.7. The summed E-state index contributed by atoms with van der Waals surface area (Å²) in [6.45, 7) is 4.74. The third-order valence-electron chi connectivity index (χ3n) is 13.3. The van der Waals surface area contributed by atoms with Crippen LogP contribution in [0.2, 0.25) is 0 Å². The highest BCUT2D eigenvalue weighted by molar-refractivity contribution is 6.09. The SMILES string of the molecule is CC1(C)c2cc(-c3cccc4c3oc3ccccc34)ccc2-c2ccc(N(c3ccc(-c4ccc(-c5ccccc5)cc4)cc3)c3ccc(-c4cccc5ccccc45)cc3)cc21. The average Bonchev–Trinajstić information content (AvgIpc) is 3.83. The molecule has 0 bridgehead atoms. The Bertz CT molecular complexity index is 3500. The summed E-state index contributed by atoms with van der Waals surface area (Å²) in [7, 11) is 0. The lowest BCUT2D eigenvalue weighted by molar-refractivity contribution is 0.660. The Balaban J connectivity index is 0.933. The molecule has 1 aromatic heterocycles. The Morgan fingerprint density at radius 3 is 1.56 bits per heavy atom. The van der Waals surface area contributed by atoms with Gasteiger partial charge in [0.25, 0.3) is 0 Å². The first-order valence-corrected chi connectivity index (χ1v) is 21.8. The standard InChI is InChI=1S/C61H43NO/c1-61(2)57-38-46(52-19-11-20-56-55-17-8-9-21-59(55)63-60(52)56)30-36-53(57)54-37-35-49(39-58(54)61)62(48-33-28-45(29-34-48)51-18-10-15-44-14-6-7-16-50(44)51)47-31-26-43(27-32-47)42-24-22-41(23-25-42)40-12-4-3-5-13-40/h3-39H,1-2H3. The van der Waals surface area contributed by atoms with Crippen LogP contribution in [0, 0.1) is 0 Å². The van der Waals surface area contributed by atoms with Gasteiger partial charge >= 0.3 is 0 Å². The molecule has 2 nitrogen and oxygen atoms in total. The maximum absolute atomic E-state index is 6.50. The quantitative estimate of drug-likeness (QED) is 0.160. The Kier molecular flexibility index (Phi) is 8.55. The van der Waals surface area contributed by atoms with E-state index in [2.05, 4.69) is 237 Å². The lowest BCUT2D eigenvalue weighted by atomic mass is 9.81. The molecular formula is C61H43NO. The van der Waals surface area contributed by atoms with Crippen molar-refractivity contribution in [2.75, 3.05) is 4.90 Å². The highest BCUT2D eigenvalue weighted by Crippen LogP contribution is 2.52. The fourth-order valence-electron chi connectivity index (χ4n) is 10.0. The molecule has 0 radical (unpaired) electrons. The maximum Gasteiger partial charge on any atom is 0.143 e. The average molecular weight is 806 g/mol. The van der Waals surface area contributed by atoms with E-state index in [-0.39, 0.29) is 5.41 Å². The maximum atomic E-state index is 6.50.